The first-order chi connectivity index (χ1) is 6.20. The van der Waals surface area contributed by atoms with Gasteiger partial charge in [0.1, 0.15) is 5.82 Å². The number of benzene rings is 1. The first-order valence-corrected chi connectivity index (χ1v) is 3.35. The Bertz CT molecular complexity index is 274. The Labute approximate surface area is 73.5 Å². The highest BCUT2D eigenvalue weighted by atomic mass is 19.1. The van der Waals surface area contributed by atoms with Crippen molar-refractivity contribution in [3.63, 3.8) is 0 Å². The van der Waals surface area contributed by atoms with Gasteiger partial charge in [-0.2, -0.15) is 0 Å². The van der Waals surface area contributed by atoms with E-state index in [0.717, 1.165) is 6.07 Å². The predicted molar refractivity (Wildman–Crippen MR) is 43.6 cm³/mol. The molecule has 7 heteroatoms. The molecule has 0 saturated heterocycles. The van der Waals surface area contributed by atoms with Crippen LogP contribution in [0.25, 0.3) is 0 Å². The first-order valence-electron chi connectivity index (χ1n) is 3.35. The Morgan fingerprint density at radius 3 is 2.38 bits per heavy atom. The van der Waals surface area contributed by atoms with Gasteiger partial charge < -0.3 is 5.73 Å². The zero-order valence-corrected chi connectivity index (χ0v) is 6.48. The van der Waals surface area contributed by atoms with Gasteiger partial charge in [0, 0.05) is 11.2 Å². The summed E-state index contributed by atoms with van der Waals surface area (Å²) in [4.78, 5) is 7.31. The van der Waals surface area contributed by atoms with E-state index in [4.69, 9.17) is 16.2 Å². The van der Waals surface area contributed by atoms with Crippen LogP contribution in [0.2, 0.25) is 0 Å². The molecule has 0 saturated carbocycles. The maximum Gasteiger partial charge on any atom is 0.559 e. The molecule has 0 aliphatic carbocycles. The number of nitrogens with two attached hydrogens (primary N) is 1. The molecule has 0 unspecified atom stereocenters. The zero-order valence-electron chi connectivity index (χ0n) is 6.48. The van der Waals surface area contributed by atoms with Crippen LogP contribution in [0.15, 0.2) is 18.2 Å². The van der Waals surface area contributed by atoms with Crippen LogP contribution >= 0.6 is 0 Å². The number of anilines is 1. The Morgan fingerprint density at radius 2 is 1.92 bits per heavy atom. The van der Waals surface area contributed by atoms with Gasteiger partial charge in [0.05, 0.1) is 0 Å². The van der Waals surface area contributed by atoms with Crippen LogP contribution < -0.4 is 11.2 Å². The summed E-state index contributed by atoms with van der Waals surface area (Å²) < 4.78 is 13.0. The lowest BCUT2D eigenvalue weighted by atomic mass is 9.78. The van der Waals surface area contributed by atoms with Crippen molar-refractivity contribution in [1.82, 2.24) is 0 Å². The fourth-order valence-corrected chi connectivity index (χ4v) is 0.927. The first kappa shape index (κ1) is 9.94. The van der Waals surface area contributed by atoms with E-state index >= 15 is 0 Å². The van der Waals surface area contributed by atoms with Gasteiger partial charge in [-0.3, -0.25) is 20.1 Å². The third-order valence-corrected chi connectivity index (χ3v) is 1.51. The molecule has 0 fully saturated rings. The summed E-state index contributed by atoms with van der Waals surface area (Å²) in [5, 5.41) is 16.4. The van der Waals surface area contributed by atoms with Gasteiger partial charge in [0.25, 0.3) is 0 Å². The van der Waals surface area contributed by atoms with Crippen LogP contribution in [0, 0.1) is 5.82 Å². The fraction of sp³-hybridized carbons (Fsp3) is 0. The van der Waals surface area contributed by atoms with E-state index in [1.807, 2.05) is 0 Å². The number of hydrogen-bond acceptors (Lipinski definition) is 5. The van der Waals surface area contributed by atoms with Crippen molar-refractivity contribution in [2.24, 2.45) is 0 Å². The van der Waals surface area contributed by atoms with Crippen molar-refractivity contribution in [1.29, 1.82) is 0 Å². The maximum absolute atomic E-state index is 13.0. The minimum absolute atomic E-state index is 0.00750. The fourth-order valence-electron chi connectivity index (χ4n) is 0.927. The summed E-state index contributed by atoms with van der Waals surface area (Å²) in [7, 11) is -1.64. The lowest BCUT2D eigenvalue weighted by Crippen LogP contribution is -2.39. The van der Waals surface area contributed by atoms with Crippen molar-refractivity contribution in [2.75, 3.05) is 5.73 Å². The van der Waals surface area contributed by atoms with Gasteiger partial charge >= 0.3 is 7.12 Å². The molecule has 0 bridgehead atoms. The summed E-state index contributed by atoms with van der Waals surface area (Å²) in [6.07, 6.45) is 0. The molecule has 1 aromatic carbocycles. The summed E-state index contributed by atoms with van der Waals surface area (Å²) in [6, 6.07) is 3.85. The molecule has 0 amide bonds. The van der Waals surface area contributed by atoms with Crippen molar-refractivity contribution < 1.29 is 24.5 Å². The van der Waals surface area contributed by atoms with Gasteiger partial charge in [0.15, 0.2) is 0 Å². The normalized spacial score (nSPS) is 10.1. The monoisotopic (exact) mass is 187 g/mol. The van der Waals surface area contributed by atoms with Gasteiger partial charge in [-0.15, -0.1) is 0 Å². The zero-order chi connectivity index (χ0) is 9.84. The van der Waals surface area contributed by atoms with Crippen molar-refractivity contribution in [2.45, 2.75) is 0 Å². The largest absolute Gasteiger partial charge is 0.559 e. The maximum atomic E-state index is 13.0. The van der Waals surface area contributed by atoms with E-state index in [0.29, 0.717) is 0 Å². The van der Waals surface area contributed by atoms with E-state index in [9.17, 15) is 4.39 Å². The molecular formula is C6H7BFNO4. The highest BCUT2D eigenvalue weighted by molar-refractivity contribution is 6.62. The molecule has 1 rings (SSSR count). The summed E-state index contributed by atoms with van der Waals surface area (Å²) in [5.41, 5.74) is 5.10. The highest BCUT2D eigenvalue weighted by Gasteiger charge is 2.28. The van der Waals surface area contributed by atoms with Crippen LogP contribution in [0.5, 0.6) is 0 Å². The second-order valence-corrected chi connectivity index (χ2v) is 2.29. The topological polar surface area (TPSA) is 84.9 Å². The summed E-state index contributed by atoms with van der Waals surface area (Å²) >= 11 is 0. The van der Waals surface area contributed by atoms with Crippen LogP contribution in [0.4, 0.5) is 10.1 Å². The van der Waals surface area contributed by atoms with Crippen LogP contribution in [0.1, 0.15) is 0 Å². The molecule has 70 valence electrons. The smallest absolute Gasteiger partial charge is 0.399 e. The molecule has 0 radical (unpaired) electrons. The molecule has 1 aromatic rings. The van der Waals surface area contributed by atoms with E-state index in [2.05, 4.69) is 9.61 Å². The molecule has 4 N–H and O–H groups in total. The summed E-state index contributed by atoms with van der Waals surface area (Å²) in [5.74, 6) is -0.742. The average molecular weight is 187 g/mol. The number of rotatable bonds is 3. The van der Waals surface area contributed by atoms with E-state index in [1.165, 1.54) is 12.1 Å². The molecule has 0 aliphatic rings. The third kappa shape index (κ3) is 1.96. The van der Waals surface area contributed by atoms with Gasteiger partial charge in [-0.1, -0.05) is 6.07 Å². The van der Waals surface area contributed by atoms with Crippen molar-refractivity contribution >= 4 is 18.3 Å². The van der Waals surface area contributed by atoms with Crippen LogP contribution in [-0.2, 0) is 9.61 Å². The lowest BCUT2D eigenvalue weighted by molar-refractivity contribution is -0.221. The van der Waals surface area contributed by atoms with Crippen molar-refractivity contribution in [3.8, 4) is 0 Å². The molecule has 0 spiro atoms. The molecular weight excluding hydrogens is 180 g/mol. The highest BCUT2D eigenvalue weighted by Crippen LogP contribution is 2.04. The Kier molecular flexibility index (Phi) is 3.21. The second kappa shape index (κ2) is 4.19. The minimum Gasteiger partial charge on any atom is -0.399 e. The summed E-state index contributed by atoms with van der Waals surface area (Å²) in [6.45, 7) is 0. The van der Waals surface area contributed by atoms with Crippen molar-refractivity contribution in [3.05, 3.63) is 24.0 Å². The quantitative estimate of drug-likeness (QED) is 0.270. The van der Waals surface area contributed by atoms with Gasteiger partial charge in [-0.25, -0.2) is 4.39 Å². The minimum atomic E-state index is -1.64. The average Bonchev–Trinajstić information content (AvgIpc) is 2.11. The molecule has 0 aliphatic heterocycles. The number of nitrogen functional groups attached to an aromatic ring is 1. The number of hydrogen-bond donors (Lipinski definition) is 3. The van der Waals surface area contributed by atoms with Gasteiger partial charge in [0.2, 0.25) is 0 Å². The third-order valence-electron chi connectivity index (χ3n) is 1.51. The molecule has 0 heterocycles. The Hall–Kier alpha value is -1.15. The standard InChI is InChI=1S/C6H7BFNO4/c8-4-2-1-3-5(9)6(4)7(12-10)13-11/h1-3,10-11H,9H2. The van der Waals surface area contributed by atoms with Crippen LogP contribution in [-0.4, -0.2) is 17.6 Å². The van der Waals surface area contributed by atoms with Crippen LogP contribution in [0.3, 0.4) is 0 Å². The SMILES string of the molecule is Nc1cccc(F)c1B(OO)OO. The molecule has 0 atom stereocenters. The molecule has 0 aromatic heterocycles. The lowest BCUT2D eigenvalue weighted by Gasteiger charge is -2.08. The molecule has 13 heavy (non-hydrogen) atoms. The number of halogens is 1. The predicted octanol–water partition coefficient (Wildman–Crippen LogP) is 0.0823. The van der Waals surface area contributed by atoms with E-state index in [1.54, 1.807) is 0 Å². The van der Waals surface area contributed by atoms with E-state index in [-0.39, 0.29) is 11.2 Å². The van der Waals surface area contributed by atoms with E-state index < -0.39 is 12.9 Å². The Balaban J connectivity index is 3.10. The molecule has 5 nitrogen and oxygen atoms in total. The Morgan fingerprint density at radius 1 is 1.31 bits per heavy atom. The van der Waals surface area contributed by atoms with Gasteiger partial charge in [-0.05, 0) is 12.1 Å². The second-order valence-electron chi connectivity index (χ2n) is 2.29.